The number of benzene rings is 1. The van der Waals surface area contributed by atoms with Crippen LogP contribution in [0.4, 0.5) is 11.4 Å². The number of nitrogen functional groups attached to an aromatic ring is 1. The van der Waals surface area contributed by atoms with Gasteiger partial charge in [-0.2, -0.15) is 17.0 Å². The summed E-state index contributed by atoms with van der Waals surface area (Å²) >= 11 is 1.61. The second kappa shape index (κ2) is 6.38. The number of thioether (sulfide) groups is 1. The average Bonchev–Trinajstić information content (AvgIpc) is 2.31. The molecule has 2 atom stereocenters. The number of aliphatic hydroxyl groups is 1. The van der Waals surface area contributed by atoms with Crippen LogP contribution in [0.15, 0.2) is 18.2 Å². The molecule has 0 bridgehead atoms. The van der Waals surface area contributed by atoms with Crippen LogP contribution in [-0.2, 0) is 0 Å². The Morgan fingerprint density at radius 3 is 2.76 bits per heavy atom. The summed E-state index contributed by atoms with van der Waals surface area (Å²) in [4.78, 5) is 0. The summed E-state index contributed by atoms with van der Waals surface area (Å²) in [5, 5.41) is 21.3. The number of nitrogens with one attached hydrogen (secondary N) is 1. The van der Waals surface area contributed by atoms with Crippen LogP contribution < -0.4 is 11.1 Å². The van der Waals surface area contributed by atoms with E-state index in [2.05, 4.69) is 5.32 Å². The standard InChI is InChI=1S/C12H17N3OS/c1-8(12(7-16)17-2)15-10-4-3-9(6-13)11(14)5-10/h3-5,8,12,15-16H,7,14H2,1-2H3. The molecule has 4 nitrogen and oxygen atoms in total. The fourth-order valence-corrected chi connectivity index (χ4v) is 2.17. The van der Waals surface area contributed by atoms with Crippen molar-refractivity contribution in [3.8, 4) is 6.07 Å². The Labute approximate surface area is 106 Å². The lowest BCUT2D eigenvalue weighted by Gasteiger charge is -2.22. The molecule has 0 aliphatic rings. The summed E-state index contributed by atoms with van der Waals surface area (Å²) in [5.41, 5.74) is 7.54. The van der Waals surface area contributed by atoms with Gasteiger partial charge in [-0.05, 0) is 31.4 Å². The second-order valence-electron chi connectivity index (χ2n) is 3.80. The lowest BCUT2D eigenvalue weighted by molar-refractivity contribution is 0.288. The normalized spacial score (nSPS) is 13.8. The van der Waals surface area contributed by atoms with Crippen molar-refractivity contribution < 1.29 is 5.11 Å². The van der Waals surface area contributed by atoms with Crippen molar-refractivity contribution in [3.05, 3.63) is 23.8 Å². The topological polar surface area (TPSA) is 82.1 Å². The van der Waals surface area contributed by atoms with Crippen LogP contribution in [-0.4, -0.2) is 29.3 Å². The first-order valence-electron chi connectivity index (χ1n) is 5.32. The van der Waals surface area contributed by atoms with Crippen LogP contribution in [0, 0.1) is 11.3 Å². The van der Waals surface area contributed by atoms with Crippen molar-refractivity contribution in [2.45, 2.75) is 18.2 Å². The van der Waals surface area contributed by atoms with E-state index in [1.807, 2.05) is 25.3 Å². The summed E-state index contributed by atoms with van der Waals surface area (Å²) in [5.74, 6) is 0. The molecule has 2 unspecified atom stereocenters. The highest BCUT2D eigenvalue weighted by atomic mass is 32.2. The van der Waals surface area contributed by atoms with Gasteiger partial charge >= 0.3 is 0 Å². The number of hydrogen-bond donors (Lipinski definition) is 3. The smallest absolute Gasteiger partial charge is 0.101 e. The maximum atomic E-state index is 9.18. The van der Waals surface area contributed by atoms with Crippen molar-refractivity contribution in [2.24, 2.45) is 0 Å². The first-order valence-corrected chi connectivity index (χ1v) is 6.61. The highest BCUT2D eigenvalue weighted by molar-refractivity contribution is 7.99. The zero-order valence-corrected chi connectivity index (χ0v) is 10.8. The van der Waals surface area contributed by atoms with Crippen molar-refractivity contribution >= 4 is 23.1 Å². The molecule has 92 valence electrons. The summed E-state index contributed by atoms with van der Waals surface area (Å²) in [6.07, 6.45) is 1.96. The Morgan fingerprint density at radius 2 is 2.29 bits per heavy atom. The summed E-state index contributed by atoms with van der Waals surface area (Å²) in [6, 6.07) is 7.40. The number of anilines is 2. The van der Waals surface area contributed by atoms with Crippen LogP contribution in [0.1, 0.15) is 12.5 Å². The van der Waals surface area contributed by atoms with E-state index in [1.165, 1.54) is 0 Å². The highest BCUT2D eigenvalue weighted by Gasteiger charge is 2.15. The molecule has 0 spiro atoms. The molecule has 1 rings (SSSR count). The van der Waals surface area contributed by atoms with Crippen LogP contribution in [0.5, 0.6) is 0 Å². The van der Waals surface area contributed by atoms with Gasteiger partial charge in [-0.3, -0.25) is 0 Å². The molecule has 0 radical (unpaired) electrons. The molecule has 0 fully saturated rings. The fraction of sp³-hybridized carbons (Fsp3) is 0.417. The van der Waals surface area contributed by atoms with Gasteiger partial charge in [0, 0.05) is 17.0 Å². The van der Waals surface area contributed by atoms with Gasteiger partial charge in [0.2, 0.25) is 0 Å². The molecule has 0 aromatic heterocycles. The molecule has 1 aromatic carbocycles. The third kappa shape index (κ3) is 3.55. The van der Waals surface area contributed by atoms with Gasteiger partial charge in [-0.1, -0.05) is 0 Å². The van der Waals surface area contributed by atoms with Gasteiger partial charge < -0.3 is 16.2 Å². The number of aliphatic hydroxyl groups excluding tert-OH is 1. The Bertz CT molecular complexity index is 413. The van der Waals surface area contributed by atoms with Gasteiger partial charge in [0.1, 0.15) is 6.07 Å². The minimum Gasteiger partial charge on any atom is -0.398 e. The van der Waals surface area contributed by atoms with Crippen LogP contribution >= 0.6 is 11.8 Å². The molecule has 0 saturated heterocycles. The monoisotopic (exact) mass is 251 g/mol. The first kappa shape index (κ1) is 13.7. The number of nitrogens with two attached hydrogens (primary N) is 1. The molecule has 0 amide bonds. The third-order valence-corrected chi connectivity index (χ3v) is 3.77. The fourth-order valence-electron chi connectivity index (χ4n) is 1.55. The SMILES string of the molecule is CSC(CO)C(C)Nc1ccc(C#N)c(N)c1. The predicted molar refractivity (Wildman–Crippen MR) is 73.0 cm³/mol. The van der Waals surface area contributed by atoms with Crippen molar-refractivity contribution in [3.63, 3.8) is 0 Å². The van der Waals surface area contributed by atoms with Crippen LogP contribution in [0.3, 0.4) is 0 Å². The molecule has 17 heavy (non-hydrogen) atoms. The number of rotatable bonds is 5. The lowest BCUT2D eigenvalue weighted by Crippen LogP contribution is -2.30. The third-order valence-electron chi connectivity index (χ3n) is 2.61. The van der Waals surface area contributed by atoms with Gasteiger partial charge in [0.15, 0.2) is 0 Å². The molecule has 5 heteroatoms. The van der Waals surface area contributed by atoms with E-state index in [0.29, 0.717) is 11.3 Å². The zero-order valence-electron chi connectivity index (χ0n) is 9.97. The van der Waals surface area contributed by atoms with Crippen molar-refractivity contribution in [1.29, 1.82) is 5.26 Å². The molecule has 0 heterocycles. The molecular weight excluding hydrogens is 234 g/mol. The van der Waals surface area contributed by atoms with E-state index in [1.54, 1.807) is 23.9 Å². The van der Waals surface area contributed by atoms with E-state index < -0.39 is 0 Å². The molecule has 0 aliphatic heterocycles. The Kier molecular flexibility index (Phi) is 5.13. The number of nitriles is 1. The van der Waals surface area contributed by atoms with Gasteiger partial charge in [0.05, 0.1) is 17.9 Å². The number of nitrogens with zero attached hydrogens (tertiary/aromatic N) is 1. The minimum absolute atomic E-state index is 0.126. The van der Waals surface area contributed by atoms with Gasteiger partial charge in [-0.25, -0.2) is 0 Å². The van der Waals surface area contributed by atoms with E-state index >= 15 is 0 Å². The molecule has 0 saturated carbocycles. The zero-order chi connectivity index (χ0) is 12.8. The van der Waals surface area contributed by atoms with Crippen LogP contribution in [0.25, 0.3) is 0 Å². The van der Waals surface area contributed by atoms with Gasteiger partial charge in [-0.15, -0.1) is 0 Å². The van der Waals surface area contributed by atoms with Crippen molar-refractivity contribution in [1.82, 2.24) is 0 Å². The second-order valence-corrected chi connectivity index (χ2v) is 4.88. The van der Waals surface area contributed by atoms with Crippen LogP contribution in [0.2, 0.25) is 0 Å². The summed E-state index contributed by atoms with van der Waals surface area (Å²) < 4.78 is 0. The predicted octanol–water partition coefficient (Wildman–Crippen LogP) is 1.66. The maximum absolute atomic E-state index is 9.18. The quantitative estimate of drug-likeness (QED) is 0.693. The molecule has 4 N–H and O–H groups in total. The Morgan fingerprint density at radius 1 is 1.59 bits per heavy atom. The Balaban J connectivity index is 2.76. The summed E-state index contributed by atoms with van der Waals surface area (Å²) in [6.45, 7) is 2.13. The van der Waals surface area contributed by atoms with E-state index in [0.717, 1.165) is 5.69 Å². The molecule has 1 aromatic rings. The van der Waals surface area contributed by atoms with Crippen molar-refractivity contribution in [2.75, 3.05) is 23.9 Å². The molecule has 0 aliphatic carbocycles. The first-order chi connectivity index (χ1) is 8.12. The minimum atomic E-state index is 0.126. The van der Waals surface area contributed by atoms with E-state index in [-0.39, 0.29) is 17.9 Å². The van der Waals surface area contributed by atoms with Gasteiger partial charge in [0.25, 0.3) is 0 Å². The summed E-state index contributed by atoms with van der Waals surface area (Å²) in [7, 11) is 0. The Hall–Kier alpha value is -1.38. The average molecular weight is 251 g/mol. The highest BCUT2D eigenvalue weighted by Crippen LogP contribution is 2.20. The van der Waals surface area contributed by atoms with E-state index in [9.17, 15) is 5.11 Å². The van der Waals surface area contributed by atoms with E-state index in [4.69, 9.17) is 11.0 Å². The lowest BCUT2D eigenvalue weighted by atomic mass is 10.1. The molecular formula is C12H17N3OS. The largest absolute Gasteiger partial charge is 0.398 e. The maximum Gasteiger partial charge on any atom is 0.101 e. The number of hydrogen-bond acceptors (Lipinski definition) is 5.